The molecule has 0 radical (unpaired) electrons. The summed E-state index contributed by atoms with van der Waals surface area (Å²) in [6.07, 6.45) is 2.33. The average Bonchev–Trinajstić information content (AvgIpc) is 2.96. The van der Waals surface area contributed by atoms with Crippen molar-refractivity contribution in [3.63, 3.8) is 0 Å². The molecule has 3 unspecified atom stereocenters. The SMILES string of the molecule is CC1(NC(=O)c2ccccc2)CCC2CNCC21. The Morgan fingerprint density at radius 3 is 2.89 bits per heavy atom. The van der Waals surface area contributed by atoms with Gasteiger partial charge in [0.05, 0.1) is 0 Å². The first-order valence-electron chi connectivity index (χ1n) is 6.77. The molecule has 1 saturated carbocycles. The summed E-state index contributed by atoms with van der Waals surface area (Å²) in [6.45, 7) is 4.35. The Morgan fingerprint density at radius 2 is 2.11 bits per heavy atom. The van der Waals surface area contributed by atoms with Gasteiger partial charge in [0, 0.05) is 17.6 Å². The van der Waals surface area contributed by atoms with Crippen LogP contribution in [0.1, 0.15) is 30.1 Å². The molecule has 3 heteroatoms. The molecule has 0 bridgehead atoms. The molecular weight excluding hydrogens is 224 g/mol. The third-order valence-corrected chi connectivity index (χ3v) is 4.63. The molecule has 3 rings (SSSR count). The van der Waals surface area contributed by atoms with Crippen molar-refractivity contribution in [1.29, 1.82) is 0 Å². The summed E-state index contributed by atoms with van der Waals surface area (Å²) >= 11 is 0. The summed E-state index contributed by atoms with van der Waals surface area (Å²) in [5, 5.41) is 6.71. The number of carbonyl (C=O) groups excluding carboxylic acids is 1. The highest BCUT2D eigenvalue weighted by Gasteiger charge is 2.48. The van der Waals surface area contributed by atoms with E-state index >= 15 is 0 Å². The van der Waals surface area contributed by atoms with Crippen LogP contribution in [-0.4, -0.2) is 24.5 Å². The van der Waals surface area contributed by atoms with Crippen LogP contribution in [0.25, 0.3) is 0 Å². The largest absolute Gasteiger partial charge is 0.347 e. The molecule has 1 saturated heterocycles. The monoisotopic (exact) mass is 244 g/mol. The van der Waals surface area contributed by atoms with Crippen molar-refractivity contribution in [1.82, 2.24) is 10.6 Å². The molecule has 96 valence electrons. The molecule has 2 N–H and O–H groups in total. The van der Waals surface area contributed by atoms with E-state index in [0.717, 1.165) is 31.0 Å². The van der Waals surface area contributed by atoms with E-state index in [1.807, 2.05) is 30.3 Å². The minimum atomic E-state index is -0.0406. The van der Waals surface area contributed by atoms with Crippen LogP contribution in [-0.2, 0) is 0 Å². The Balaban J connectivity index is 1.74. The molecule has 18 heavy (non-hydrogen) atoms. The Kier molecular flexibility index (Phi) is 2.86. The molecule has 1 aliphatic carbocycles. The van der Waals surface area contributed by atoms with Crippen molar-refractivity contribution in [2.45, 2.75) is 25.3 Å². The number of carbonyl (C=O) groups is 1. The van der Waals surface area contributed by atoms with Gasteiger partial charge in [-0.1, -0.05) is 18.2 Å². The van der Waals surface area contributed by atoms with E-state index in [9.17, 15) is 4.79 Å². The van der Waals surface area contributed by atoms with Gasteiger partial charge >= 0.3 is 0 Å². The lowest BCUT2D eigenvalue weighted by Crippen LogP contribution is -2.50. The lowest BCUT2D eigenvalue weighted by molar-refractivity contribution is 0.0883. The first-order valence-corrected chi connectivity index (χ1v) is 6.77. The van der Waals surface area contributed by atoms with Crippen molar-refractivity contribution in [3.05, 3.63) is 35.9 Å². The van der Waals surface area contributed by atoms with Crippen LogP contribution >= 0.6 is 0 Å². The van der Waals surface area contributed by atoms with Crippen molar-refractivity contribution in [2.24, 2.45) is 11.8 Å². The molecule has 1 aliphatic heterocycles. The third kappa shape index (κ3) is 1.93. The number of nitrogens with one attached hydrogen (secondary N) is 2. The van der Waals surface area contributed by atoms with E-state index in [0.29, 0.717) is 5.92 Å². The maximum absolute atomic E-state index is 12.3. The van der Waals surface area contributed by atoms with Crippen LogP contribution in [0.5, 0.6) is 0 Å². The maximum Gasteiger partial charge on any atom is 0.251 e. The summed E-state index contributed by atoms with van der Waals surface area (Å²) in [7, 11) is 0. The number of fused-ring (bicyclic) bond motifs is 1. The highest BCUT2D eigenvalue weighted by molar-refractivity contribution is 5.94. The van der Waals surface area contributed by atoms with Gasteiger partial charge in [0.2, 0.25) is 0 Å². The number of rotatable bonds is 2. The van der Waals surface area contributed by atoms with E-state index < -0.39 is 0 Å². The van der Waals surface area contributed by atoms with Crippen LogP contribution in [0, 0.1) is 11.8 Å². The predicted molar refractivity (Wildman–Crippen MR) is 71.4 cm³/mol. The molecule has 1 heterocycles. The van der Waals surface area contributed by atoms with Crippen molar-refractivity contribution < 1.29 is 4.79 Å². The summed E-state index contributed by atoms with van der Waals surface area (Å²) in [6, 6.07) is 9.50. The predicted octanol–water partition coefficient (Wildman–Crippen LogP) is 1.80. The quantitative estimate of drug-likeness (QED) is 0.833. The standard InChI is InChI=1S/C15H20N2O/c1-15(8-7-12-9-16-10-13(12)15)17-14(18)11-5-3-2-4-6-11/h2-6,12-13,16H,7-10H2,1H3,(H,17,18). The minimum Gasteiger partial charge on any atom is -0.347 e. The van der Waals surface area contributed by atoms with Gasteiger partial charge in [-0.3, -0.25) is 4.79 Å². The maximum atomic E-state index is 12.3. The second kappa shape index (κ2) is 4.39. The topological polar surface area (TPSA) is 41.1 Å². The summed E-state index contributed by atoms with van der Waals surface area (Å²) in [4.78, 5) is 12.3. The molecule has 1 amide bonds. The molecular formula is C15H20N2O. The van der Waals surface area contributed by atoms with E-state index in [-0.39, 0.29) is 11.4 Å². The summed E-state index contributed by atoms with van der Waals surface area (Å²) < 4.78 is 0. The van der Waals surface area contributed by atoms with Gasteiger partial charge in [-0.2, -0.15) is 0 Å². The normalized spacial score (nSPS) is 34.3. The van der Waals surface area contributed by atoms with E-state index in [2.05, 4.69) is 17.6 Å². The highest BCUT2D eigenvalue weighted by atomic mass is 16.1. The highest BCUT2D eigenvalue weighted by Crippen LogP contribution is 2.42. The first-order chi connectivity index (χ1) is 8.69. The molecule has 1 aromatic rings. The third-order valence-electron chi connectivity index (χ3n) is 4.63. The first kappa shape index (κ1) is 11.7. The van der Waals surface area contributed by atoms with Gasteiger partial charge in [-0.15, -0.1) is 0 Å². The number of hydrogen-bond donors (Lipinski definition) is 2. The number of hydrogen-bond acceptors (Lipinski definition) is 2. The zero-order valence-corrected chi connectivity index (χ0v) is 10.8. The summed E-state index contributed by atoms with van der Waals surface area (Å²) in [5.41, 5.74) is 0.717. The van der Waals surface area contributed by atoms with E-state index in [1.165, 1.54) is 6.42 Å². The van der Waals surface area contributed by atoms with E-state index in [4.69, 9.17) is 0 Å². The van der Waals surface area contributed by atoms with Gasteiger partial charge in [0.15, 0.2) is 0 Å². The number of benzene rings is 1. The summed E-state index contributed by atoms with van der Waals surface area (Å²) in [5.74, 6) is 1.39. The van der Waals surface area contributed by atoms with Crippen molar-refractivity contribution >= 4 is 5.91 Å². The van der Waals surface area contributed by atoms with Crippen LogP contribution < -0.4 is 10.6 Å². The fourth-order valence-electron chi connectivity index (χ4n) is 3.53. The average molecular weight is 244 g/mol. The Bertz CT molecular complexity index is 445. The van der Waals surface area contributed by atoms with Crippen LogP contribution in [0.3, 0.4) is 0 Å². The molecule has 3 nitrogen and oxygen atoms in total. The van der Waals surface area contributed by atoms with Crippen molar-refractivity contribution in [3.8, 4) is 0 Å². The molecule has 0 spiro atoms. The van der Waals surface area contributed by atoms with Gasteiger partial charge in [-0.25, -0.2) is 0 Å². The second-order valence-electron chi connectivity index (χ2n) is 5.80. The molecule has 3 atom stereocenters. The fraction of sp³-hybridized carbons (Fsp3) is 0.533. The van der Waals surface area contributed by atoms with Gasteiger partial charge in [0.1, 0.15) is 0 Å². The smallest absolute Gasteiger partial charge is 0.251 e. The zero-order valence-electron chi connectivity index (χ0n) is 10.8. The Hall–Kier alpha value is -1.35. The lowest BCUT2D eigenvalue weighted by Gasteiger charge is -2.32. The van der Waals surface area contributed by atoms with Gasteiger partial charge < -0.3 is 10.6 Å². The Morgan fingerprint density at radius 1 is 1.33 bits per heavy atom. The Labute approximate surface area is 108 Å². The van der Waals surface area contributed by atoms with Crippen LogP contribution in [0.15, 0.2) is 30.3 Å². The van der Waals surface area contributed by atoms with Gasteiger partial charge in [0.25, 0.3) is 5.91 Å². The second-order valence-corrected chi connectivity index (χ2v) is 5.80. The molecule has 0 aromatic heterocycles. The fourth-order valence-corrected chi connectivity index (χ4v) is 3.53. The molecule has 2 fully saturated rings. The minimum absolute atomic E-state index is 0.0406. The zero-order chi connectivity index (χ0) is 12.6. The van der Waals surface area contributed by atoms with Gasteiger partial charge in [-0.05, 0) is 50.3 Å². The van der Waals surface area contributed by atoms with Crippen LogP contribution in [0.4, 0.5) is 0 Å². The lowest BCUT2D eigenvalue weighted by atomic mass is 9.86. The molecule has 1 aromatic carbocycles. The molecule has 2 aliphatic rings. The van der Waals surface area contributed by atoms with E-state index in [1.54, 1.807) is 0 Å². The van der Waals surface area contributed by atoms with Crippen LogP contribution in [0.2, 0.25) is 0 Å². The van der Waals surface area contributed by atoms with Crippen molar-refractivity contribution in [2.75, 3.05) is 13.1 Å². The number of amides is 1.